The summed E-state index contributed by atoms with van der Waals surface area (Å²) in [4.78, 5) is 118. The van der Waals surface area contributed by atoms with Crippen molar-refractivity contribution in [2.75, 3.05) is 39.3 Å². The van der Waals surface area contributed by atoms with Gasteiger partial charge >= 0.3 is 5.97 Å². The van der Waals surface area contributed by atoms with Crippen LogP contribution in [0.4, 0.5) is 0 Å². The Morgan fingerprint density at radius 2 is 0.562 bits per heavy atom. The van der Waals surface area contributed by atoms with Crippen molar-refractivity contribution in [3.63, 3.8) is 0 Å². The summed E-state index contributed by atoms with van der Waals surface area (Å²) in [5.74, 6) is -5.24. The van der Waals surface area contributed by atoms with Gasteiger partial charge in [-0.2, -0.15) is 0 Å². The molecule has 0 aromatic carbocycles. The molecule has 5 saturated heterocycles. The minimum Gasteiger partial charge on any atom is -0.464 e. The van der Waals surface area contributed by atoms with Crippen LogP contribution >= 0.6 is 0 Å². The molecule has 0 bridgehead atoms. The predicted molar refractivity (Wildman–Crippen MR) is 293 cm³/mol. The molecule has 5 rings (SSSR count). The van der Waals surface area contributed by atoms with Crippen molar-refractivity contribution in [2.24, 2.45) is 71.0 Å². The van der Waals surface area contributed by atoms with Crippen LogP contribution in [0.25, 0.3) is 0 Å². The maximum Gasteiger partial charge on any atom is 0.337 e. The van der Waals surface area contributed by atoms with Crippen molar-refractivity contribution < 1.29 is 71.6 Å². The van der Waals surface area contributed by atoms with E-state index in [1.165, 1.54) is 27.7 Å². The van der Waals surface area contributed by atoms with Gasteiger partial charge in [0.05, 0.1) is 55.3 Å². The van der Waals surface area contributed by atoms with Crippen molar-refractivity contribution in [2.45, 2.75) is 197 Å². The zero-order valence-corrected chi connectivity index (χ0v) is 50.3. The fourth-order valence-electron chi connectivity index (χ4n) is 12.5. The lowest BCUT2D eigenvalue weighted by Gasteiger charge is -2.46. The van der Waals surface area contributed by atoms with Gasteiger partial charge in [0.25, 0.3) is 11.8 Å². The second-order valence-electron chi connectivity index (χ2n) is 24.1. The number of hydrogen-bond donors (Lipinski definition) is 8. The molecule has 5 heterocycles. The average Bonchev–Trinajstić information content (AvgIpc) is 3.41. The van der Waals surface area contributed by atoms with Crippen LogP contribution in [0, 0.1) is 71.0 Å². The third-order valence-corrected chi connectivity index (χ3v) is 19.1. The molecule has 0 radical (unpaired) electrons. The zero-order valence-electron chi connectivity index (χ0n) is 50.3. The van der Waals surface area contributed by atoms with Crippen molar-refractivity contribution >= 4 is 53.2 Å². The first-order valence-corrected chi connectivity index (χ1v) is 29.1. The number of hydrogen-bond acceptors (Lipinski definition) is 15. The third-order valence-electron chi connectivity index (χ3n) is 19.1. The maximum atomic E-state index is 14.4. The van der Waals surface area contributed by atoms with Crippen molar-refractivity contribution in [1.82, 2.24) is 42.5 Å². The van der Waals surface area contributed by atoms with E-state index in [9.17, 15) is 43.2 Å². The molecule has 0 aromatic heterocycles. The van der Waals surface area contributed by atoms with E-state index in [2.05, 4.69) is 42.5 Å². The Bertz CT molecular complexity index is 2200. The van der Waals surface area contributed by atoms with Gasteiger partial charge < -0.3 is 71.0 Å². The quantitative estimate of drug-likeness (QED) is 0.0842. The highest BCUT2D eigenvalue weighted by atomic mass is 16.6. The highest BCUT2D eigenvalue weighted by Gasteiger charge is 2.51. The minimum absolute atomic E-state index is 0.00650. The smallest absolute Gasteiger partial charge is 0.337 e. The molecular weight excluding hydrogens is 1040 g/mol. The molecule has 0 aliphatic carbocycles. The van der Waals surface area contributed by atoms with E-state index in [-0.39, 0.29) is 146 Å². The standard InChI is InChI=1S/C57H96N8O15/c1-18-75-57(74)52-47(65-39(17)69)33(11)30(8)44(80-52)23-60-54(71)49-35(13)25(3)27(5)42(77-49)21-62-56(73)51-46(64-38(16)68)32(10)29(7)43(79-51)22-59-53(70)48-34(12)24(2)26(4)41(76-48)20-61-55(72)50-45(63-37(15)67)31(9)28(6)40(78-50)19-58-36(14)66/h24-35,40-52H,18-23H2,1-17H3,(H,58,66)(H,59,70)(H,60,71)(H,61,72)(H,62,73)(H,63,67)(H,64,68)(H,65,69)/t24-,25-,26-,27-,28-,29-,30?,31-,32-,33-,34+,35+,40+,41+,42+,43+,44+,45+,46+,47+,48+,49+,50+,51+,52+/m0/s1. The molecular formula is C57H96N8O15. The Labute approximate surface area is 473 Å². The van der Waals surface area contributed by atoms with E-state index in [0.29, 0.717) is 0 Å². The first-order chi connectivity index (χ1) is 37.5. The highest BCUT2D eigenvalue weighted by molar-refractivity contribution is 5.85. The van der Waals surface area contributed by atoms with E-state index >= 15 is 0 Å². The molecule has 0 aromatic rings. The van der Waals surface area contributed by atoms with Crippen LogP contribution in [-0.2, 0) is 71.6 Å². The second-order valence-corrected chi connectivity index (χ2v) is 24.1. The molecule has 454 valence electrons. The van der Waals surface area contributed by atoms with Crippen molar-refractivity contribution in [3.05, 3.63) is 0 Å². The van der Waals surface area contributed by atoms with E-state index < -0.39 is 96.9 Å². The van der Waals surface area contributed by atoms with E-state index in [4.69, 9.17) is 28.4 Å². The Morgan fingerprint density at radius 3 is 0.850 bits per heavy atom. The van der Waals surface area contributed by atoms with Gasteiger partial charge in [0.2, 0.25) is 35.4 Å². The summed E-state index contributed by atoms with van der Waals surface area (Å²) in [5.41, 5.74) is 0. The summed E-state index contributed by atoms with van der Waals surface area (Å²) in [6.07, 6.45) is -7.94. The van der Waals surface area contributed by atoms with Crippen LogP contribution in [0.1, 0.15) is 118 Å². The molecule has 8 amide bonds. The summed E-state index contributed by atoms with van der Waals surface area (Å²) in [6, 6.07) is -1.97. The fraction of sp³-hybridized carbons (Fsp3) is 0.842. The molecule has 0 spiro atoms. The third kappa shape index (κ3) is 15.8. The molecule has 23 nitrogen and oxygen atoms in total. The van der Waals surface area contributed by atoms with Gasteiger partial charge in [0.15, 0.2) is 18.3 Å². The van der Waals surface area contributed by atoms with Gasteiger partial charge in [0.1, 0.15) is 12.2 Å². The summed E-state index contributed by atoms with van der Waals surface area (Å²) >= 11 is 0. The number of ether oxygens (including phenoxy) is 6. The molecule has 25 atom stereocenters. The van der Waals surface area contributed by atoms with Crippen LogP contribution in [-0.4, -0.2) is 172 Å². The Balaban J connectivity index is 1.21. The van der Waals surface area contributed by atoms with Gasteiger partial charge in [-0.05, 0) is 77.9 Å². The summed E-state index contributed by atoms with van der Waals surface area (Å²) in [5, 5.41) is 23.4. The molecule has 5 fully saturated rings. The Kier molecular flexibility index (Phi) is 23.7. The van der Waals surface area contributed by atoms with Crippen LogP contribution in [0.3, 0.4) is 0 Å². The van der Waals surface area contributed by atoms with E-state index in [0.717, 1.165) is 0 Å². The monoisotopic (exact) mass is 1130 g/mol. The summed E-state index contributed by atoms with van der Waals surface area (Å²) in [7, 11) is 0. The first kappa shape index (κ1) is 65.8. The molecule has 8 N–H and O–H groups in total. The highest BCUT2D eigenvalue weighted by Crippen LogP contribution is 2.39. The van der Waals surface area contributed by atoms with Crippen LogP contribution in [0.2, 0.25) is 0 Å². The lowest BCUT2D eigenvalue weighted by atomic mass is 9.76. The molecule has 5 aliphatic rings. The largest absolute Gasteiger partial charge is 0.464 e. The van der Waals surface area contributed by atoms with E-state index in [1.54, 1.807) is 6.92 Å². The maximum absolute atomic E-state index is 14.4. The summed E-state index contributed by atoms with van der Waals surface area (Å²) in [6.45, 7) is 31.4. The normalized spacial score (nSPS) is 39.9. The molecule has 80 heavy (non-hydrogen) atoms. The predicted octanol–water partition coefficient (Wildman–Crippen LogP) is 1.13. The topological polar surface area (TPSA) is 305 Å². The Hall–Kier alpha value is -4.97. The van der Waals surface area contributed by atoms with Crippen LogP contribution < -0.4 is 42.5 Å². The number of esters is 1. The van der Waals surface area contributed by atoms with Gasteiger partial charge in [-0.1, -0.05) is 83.1 Å². The number of carbonyl (C=O) groups is 9. The van der Waals surface area contributed by atoms with E-state index in [1.807, 2.05) is 83.1 Å². The zero-order chi connectivity index (χ0) is 59.8. The molecule has 23 heteroatoms. The number of rotatable bonds is 19. The lowest BCUT2D eigenvalue weighted by molar-refractivity contribution is -0.180. The average molecular weight is 1130 g/mol. The van der Waals surface area contributed by atoms with Crippen LogP contribution in [0.5, 0.6) is 0 Å². The fourth-order valence-corrected chi connectivity index (χ4v) is 12.5. The number of amides is 8. The van der Waals surface area contributed by atoms with Crippen LogP contribution in [0.15, 0.2) is 0 Å². The molecule has 5 aliphatic heterocycles. The van der Waals surface area contributed by atoms with Gasteiger partial charge in [-0.15, -0.1) is 0 Å². The number of nitrogens with one attached hydrogen (secondary N) is 8. The van der Waals surface area contributed by atoms with Crippen molar-refractivity contribution in [3.8, 4) is 0 Å². The molecule has 1 unspecified atom stereocenters. The van der Waals surface area contributed by atoms with Crippen molar-refractivity contribution in [1.29, 1.82) is 0 Å². The second kappa shape index (κ2) is 28.8. The van der Waals surface area contributed by atoms with Gasteiger partial charge in [-0.25, -0.2) is 4.79 Å². The molecule has 0 saturated carbocycles. The lowest BCUT2D eigenvalue weighted by Crippen LogP contribution is -2.64. The first-order valence-electron chi connectivity index (χ1n) is 29.1. The Morgan fingerprint density at radius 1 is 0.312 bits per heavy atom. The number of carbonyl (C=O) groups excluding carboxylic acids is 9. The van der Waals surface area contributed by atoms with Gasteiger partial charge in [0, 0.05) is 60.4 Å². The van der Waals surface area contributed by atoms with Gasteiger partial charge in [-0.3, -0.25) is 38.4 Å². The summed E-state index contributed by atoms with van der Waals surface area (Å²) < 4.78 is 37.4. The SMILES string of the molecule is CCOC(=O)[C@@H]1O[C@H](CNC(=O)[C@@H]2O[C@H](CNC(=O)[C@@H]3O[C@H](CNC(=O)[C@@H]4O[C@H](CNC(=O)[C@@H]5O[C@H](CNC(C)=O)[C@@H](C)[C@H](C)[C@H]5NC(C)=O)[C@@H](C)[C@H](C)[C@H]4C)[C@@H](C)[C@H](C)[C@H]3NC(C)=O)[C@@H](C)[C@H](C)[C@H]2C)C(C)[C@H](C)[C@H]1NC(C)=O. The minimum atomic E-state index is -1.16.